The summed E-state index contributed by atoms with van der Waals surface area (Å²) in [5.74, 6) is 1.91. The average molecular weight is 322 g/mol. The van der Waals surface area contributed by atoms with E-state index in [0.717, 1.165) is 44.1 Å². The van der Waals surface area contributed by atoms with E-state index in [1.165, 1.54) is 12.8 Å². The molecule has 0 fully saturated rings. The average Bonchev–Trinajstić information content (AvgIpc) is 2.78. The number of hydrogen-bond acceptors (Lipinski definition) is 4. The highest BCUT2D eigenvalue weighted by Crippen LogP contribution is 2.14. The number of nitrogens with one attached hydrogen (secondary N) is 2. The summed E-state index contributed by atoms with van der Waals surface area (Å²) >= 11 is 0. The number of nitrogens with zero attached hydrogens (tertiary/aromatic N) is 4. The third-order valence-electron chi connectivity index (χ3n) is 4.59. The smallest absolute Gasteiger partial charge is 0.315 e. The largest absolute Gasteiger partial charge is 0.337 e. The van der Waals surface area contributed by atoms with Gasteiger partial charge in [0.2, 0.25) is 0 Å². The Hall–Kier alpha value is -1.63. The second-order valence-electron chi connectivity index (χ2n) is 6.13. The normalized spacial score (nSPS) is 15.8. The Bertz CT molecular complexity index is 497. The Morgan fingerprint density at radius 1 is 1.22 bits per heavy atom. The van der Waals surface area contributed by atoms with Gasteiger partial charge in [-0.1, -0.05) is 20.3 Å². The quantitative estimate of drug-likeness (QED) is 0.798. The van der Waals surface area contributed by atoms with Crippen LogP contribution in [0.25, 0.3) is 0 Å². The van der Waals surface area contributed by atoms with Crippen LogP contribution in [0.3, 0.4) is 0 Å². The van der Waals surface area contributed by atoms with Gasteiger partial charge in [0.25, 0.3) is 0 Å². The molecule has 0 bridgehead atoms. The predicted molar refractivity (Wildman–Crippen MR) is 90.2 cm³/mol. The van der Waals surface area contributed by atoms with Crippen LogP contribution in [0.2, 0.25) is 0 Å². The zero-order valence-corrected chi connectivity index (χ0v) is 14.6. The van der Waals surface area contributed by atoms with E-state index in [4.69, 9.17) is 0 Å². The van der Waals surface area contributed by atoms with Crippen molar-refractivity contribution < 1.29 is 4.79 Å². The minimum Gasteiger partial charge on any atom is -0.337 e. The van der Waals surface area contributed by atoms with Crippen LogP contribution in [0.1, 0.15) is 51.7 Å². The van der Waals surface area contributed by atoms with Gasteiger partial charge in [-0.2, -0.15) is 0 Å². The Labute approximate surface area is 138 Å². The van der Waals surface area contributed by atoms with Crippen molar-refractivity contribution in [2.45, 2.75) is 65.6 Å². The first-order chi connectivity index (χ1) is 11.2. The molecule has 0 aliphatic carbocycles. The molecule has 2 amide bonds. The summed E-state index contributed by atoms with van der Waals surface area (Å²) in [6, 6.07) is 0.190. The van der Waals surface area contributed by atoms with Gasteiger partial charge in [-0.05, 0) is 32.9 Å². The molecular weight excluding hydrogens is 292 g/mol. The van der Waals surface area contributed by atoms with Crippen LogP contribution in [0.15, 0.2) is 0 Å². The molecule has 1 aromatic rings. The maximum atomic E-state index is 12.0. The summed E-state index contributed by atoms with van der Waals surface area (Å²) in [6.45, 7) is 10.4. The lowest BCUT2D eigenvalue weighted by molar-refractivity contribution is 0.214. The van der Waals surface area contributed by atoms with Gasteiger partial charge in [0.05, 0.1) is 6.54 Å². The third-order valence-corrected chi connectivity index (χ3v) is 4.59. The number of rotatable bonds is 7. The van der Waals surface area contributed by atoms with Gasteiger partial charge in [-0.15, -0.1) is 10.2 Å². The minimum atomic E-state index is -0.144. The van der Waals surface area contributed by atoms with Crippen molar-refractivity contribution in [3.05, 3.63) is 11.6 Å². The van der Waals surface area contributed by atoms with Crippen LogP contribution in [0.4, 0.5) is 4.79 Å². The minimum absolute atomic E-state index is 0.144. The van der Waals surface area contributed by atoms with Crippen molar-refractivity contribution >= 4 is 6.03 Å². The van der Waals surface area contributed by atoms with Gasteiger partial charge >= 0.3 is 6.03 Å². The SMILES string of the molecule is CCN(CC)[C@H](C)CNC(=O)NCc1nnc2n1CCCCC2. The highest BCUT2D eigenvalue weighted by molar-refractivity contribution is 5.73. The summed E-state index contributed by atoms with van der Waals surface area (Å²) in [6.07, 6.45) is 4.56. The standard InChI is InChI=1S/C16H30N6O/c1-4-21(5-2)13(3)11-17-16(23)18-12-15-20-19-14-9-7-6-8-10-22(14)15/h13H,4-12H2,1-3H3,(H2,17,18,23)/t13-/m1/s1. The second kappa shape index (κ2) is 8.86. The van der Waals surface area contributed by atoms with Crippen molar-refractivity contribution in [3.63, 3.8) is 0 Å². The van der Waals surface area contributed by atoms with Gasteiger partial charge < -0.3 is 15.2 Å². The molecule has 2 N–H and O–H groups in total. The summed E-state index contributed by atoms with van der Waals surface area (Å²) in [4.78, 5) is 14.3. The molecule has 23 heavy (non-hydrogen) atoms. The van der Waals surface area contributed by atoms with Gasteiger partial charge in [-0.25, -0.2) is 4.79 Å². The third kappa shape index (κ3) is 4.92. The monoisotopic (exact) mass is 322 g/mol. The molecule has 0 saturated heterocycles. The molecule has 1 aromatic heterocycles. The number of aryl methyl sites for hydroxylation is 1. The molecule has 2 heterocycles. The van der Waals surface area contributed by atoms with Gasteiger partial charge in [0.1, 0.15) is 5.82 Å². The van der Waals surface area contributed by atoms with Crippen LogP contribution in [-0.2, 0) is 19.5 Å². The molecule has 130 valence electrons. The van der Waals surface area contributed by atoms with Crippen molar-refractivity contribution in [2.24, 2.45) is 0 Å². The first-order valence-electron chi connectivity index (χ1n) is 8.82. The highest BCUT2D eigenvalue weighted by atomic mass is 16.2. The summed E-state index contributed by atoms with van der Waals surface area (Å²) < 4.78 is 2.16. The van der Waals surface area contributed by atoms with E-state index in [1.54, 1.807) is 0 Å². The summed E-state index contributed by atoms with van der Waals surface area (Å²) in [5, 5.41) is 14.3. The Balaban J connectivity index is 1.78. The molecule has 7 heteroatoms. The molecule has 0 aromatic carbocycles. The van der Waals surface area contributed by atoms with Crippen LogP contribution in [0, 0.1) is 0 Å². The molecule has 0 unspecified atom stereocenters. The fourth-order valence-electron chi connectivity index (χ4n) is 3.11. The Kier molecular flexibility index (Phi) is 6.83. The van der Waals surface area contributed by atoms with E-state index >= 15 is 0 Å². The number of amides is 2. The lowest BCUT2D eigenvalue weighted by Crippen LogP contribution is -2.45. The predicted octanol–water partition coefficient (Wildman–Crippen LogP) is 1.53. The first kappa shape index (κ1) is 17.7. The number of fused-ring (bicyclic) bond motifs is 1. The molecule has 1 aliphatic heterocycles. The summed E-state index contributed by atoms with van der Waals surface area (Å²) in [5.41, 5.74) is 0. The number of hydrogen-bond donors (Lipinski definition) is 2. The fourth-order valence-corrected chi connectivity index (χ4v) is 3.11. The van der Waals surface area contributed by atoms with E-state index in [1.807, 2.05) is 0 Å². The van der Waals surface area contributed by atoms with Gasteiger partial charge in [0.15, 0.2) is 5.82 Å². The second-order valence-corrected chi connectivity index (χ2v) is 6.13. The van der Waals surface area contributed by atoms with Crippen LogP contribution >= 0.6 is 0 Å². The molecule has 1 aliphatic rings. The maximum absolute atomic E-state index is 12.0. The number of aromatic nitrogens is 3. The van der Waals surface area contributed by atoms with E-state index in [-0.39, 0.29) is 6.03 Å². The molecule has 7 nitrogen and oxygen atoms in total. The van der Waals surface area contributed by atoms with Crippen molar-refractivity contribution in [3.8, 4) is 0 Å². The van der Waals surface area contributed by atoms with Crippen LogP contribution in [-0.4, -0.2) is 51.4 Å². The van der Waals surface area contributed by atoms with Crippen molar-refractivity contribution in [1.29, 1.82) is 0 Å². The lowest BCUT2D eigenvalue weighted by Gasteiger charge is -2.26. The zero-order chi connectivity index (χ0) is 16.7. The molecule has 0 radical (unpaired) electrons. The molecule has 0 saturated carbocycles. The first-order valence-corrected chi connectivity index (χ1v) is 8.82. The fraction of sp³-hybridized carbons (Fsp3) is 0.812. The van der Waals surface area contributed by atoms with Gasteiger partial charge in [0, 0.05) is 25.6 Å². The van der Waals surface area contributed by atoms with Crippen molar-refractivity contribution in [2.75, 3.05) is 19.6 Å². The topological polar surface area (TPSA) is 75.1 Å². The van der Waals surface area contributed by atoms with Crippen molar-refractivity contribution in [1.82, 2.24) is 30.3 Å². The number of urea groups is 1. The Morgan fingerprint density at radius 3 is 2.74 bits per heavy atom. The highest BCUT2D eigenvalue weighted by Gasteiger charge is 2.15. The maximum Gasteiger partial charge on any atom is 0.315 e. The van der Waals surface area contributed by atoms with Crippen LogP contribution in [0.5, 0.6) is 0 Å². The van der Waals surface area contributed by atoms with E-state index in [0.29, 0.717) is 19.1 Å². The zero-order valence-electron chi connectivity index (χ0n) is 14.6. The van der Waals surface area contributed by atoms with Gasteiger partial charge in [-0.3, -0.25) is 4.90 Å². The Morgan fingerprint density at radius 2 is 2.00 bits per heavy atom. The number of carbonyl (C=O) groups excluding carboxylic acids is 1. The molecule has 2 rings (SSSR count). The lowest BCUT2D eigenvalue weighted by atomic mass is 10.2. The van der Waals surface area contributed by atoms with E-state index < -0.39 is 0 Å². The number of likely N-dealkylation sites (N-methyl/N-ethyl adjacent to an activating group) is 1. The molecular formula is C16H30N6O. The summed E-state index contributed by atoms with van der Waals surface area (Å²) in [7, 11) is 0. The molecule has 1 atom stereocenters. The van der Waals surface area contributed by atoms with E-state index in [9.17, 15) is 4.79 Å². The number of carbonyl (C=O) groups is 1. The van der Waals surface area contributed by atoms with Crippen LogP contribution < -0.4 is 10.6 Å². The van der Waals surface area contributed by atoms with E-state index in [2.05, 4.69) is 51.1 Å². The molecule has 0 spiro atoms.